The number of hydrogen-bond acceptors (Lipinski definition) is 2. The molecule has 0 spiro atoms. The fourth-order valence-electron chi connectivity index (χ4n) is 2.69. The summed E-state index contributed by atoms with van der Waals surface area (Å²) in [6.45, 7) is 3.85. The van der Waals surface area contributed by atoms with Crippen molar-refractivity contribution in [3.05, 3.63) is 29.2 Å². The van der Waals surface area contributed by atoms with Gasteiger partial charge in [-0.15, -0.1) is 0 Å². The molecular weight excluding hydrogens is 200 g/mol. The molecule has 0 fully saturated rings. The van der Waals surface area contributed by atoms with Crippen LogP contribution < -0.4 is 5.32 Å². The lowest BCUT2D eigenvalue weighted by Gasteiger charge is -2.14. The number of aryl methyl sites for hydroxylation is 1. The standard InChI is InChI=1S/C12H12N4/c1-6-15-10-2-9-11-7(4-14-9)3-13-5-8(11)12(10)16-6/h2,4,13-14H,3,5H2,1H3,(H,15,16). The van der Waals surface area contributed by atoms with E-state index in [1.54, 1.807) is 0 Å². The number of benzene rings is 1. The molecule has 0 bridgehead atoms. The number of aromatic amines is 2. The fourth-order valence-corrected chi connectivity index (χ4v) is 2.69. The predicted octanol–water partition coefficient (Wildman–Crippen LogP) is 1.96. The number of imidazole rings is 1. The van der Waals surface area contributed by atoms with E-state index in [-0.39, 0.29) is 0 Å². The molecule has 80 valence electrons. The van der Waals surface area contributed by atoms with Crippen molar-refractivity contribution in [3.8, 4) is 0 Å². The maximum Gasteiger partial charge on any atom is 0.104 e. The first-order valence-corrected chi connectivity index (χ1v) is 5.52. The Kier molecular flexibility index (Phi) is 1.38. The number of hydrogen-bond donors (Lipinski definition) is 3. The van der Waals surface area contributed by atoms with Gasteiger partial charge in [-0.25, -0.2) is 4.98 Å². The summed E-state index contributed by atoms with van der Waals surface area (Å²) in [6.07, 6.45) is 2.09. The van der Waals surface area contributed by atoms with E-state index in [2.05, 4.69) is 32.5 Å². The number of fused-ring (bicyclic) bond motifs is 2. The van der Waals surface area contributed by atoms with E-state index >= 15 is 0 Å². The van der Waals surface area contributed by atoms with E-state index in [1.165, 1.54) is 22.0 Å². The minimum absolute atomic E-state index is 0.906. The molecule has 0 atom stereocenters. The third-order valence-corrected chi connectivity index (χ3v) is 3.34. The van der Waals surface area contributed by atoms with E-state index in [1.807, 2.05) is 6.92 Å². The first-order valence-electron chi connectivity index (χ1n) is 5.52. The molecule has 4 heteroatoms. The van der Waals surface area contributed by atoms with Gasteiger partial charge in [0.1, 0.15) is 5.82 Å². The molecule has 1 aromatic carbocycles. The second-order valence-corrected chi connectivity index (χ2v) is 4.41. The first-order chi connectivity index (χ1) is 7.83. The summed E-state index contributed by atoms with van der Waals surface area (Å²) in [5.74, 6) is 0.978. The lowest BCUT2D eigenvalue weighted by molar-refractivity contribution is 0.687. The van der Waals surface area contributed by atoms with Gasteiger partial charge in [0.25, 0.3) is 0 Å². The molecule has 1 aliphatic rings. The van der Waals surface area contributed by atoms with Gasteiger partial charge in [0.15, 0.2) is 0 Å². The largest absolute Gasteiger partial charge is 0.361 e. The van der Waals surface area contributed by atoms with Gasteiger partial charge >= 0.3 is 0 Å². The summed E-state index contributed by atoms with van der Waals surface area (Å²) in [4.78, 5) is 11.2. The van der Waals surface area contributed by atoms with Crippen LogP contribution in [0.5, 0.6) is 0 Å². The van der Waals surface area contributed by atoms with E-state index in [0.717, 1.165) is 29.9 Å². The highest BCUT2D eigenvalue weighted by Crippen LogP contribution is 2.31. The Bertz CT molecular complexity index is 704. The molecule has 16 heavy (non-hydrogen) atoms. The number of nitrogens with zero attached hydrogens (tertiary/aromatic N) is 1. The predicted molar refractivity (Wildman–Crippen MR) is 63.2 cm³/mol. The van der Waals surface area contributed by atoms with Crippen molar-refractivity contribution in [1.29, 1.82) is 0 Å². The maximum absolute atomic E-state index is 4.58. The third-order valence-electron chi connectivity index (χ3n) is 3.34. The summed E-state index contributed by atoms with van der Waals surface area (Å²) in [5.41, 5.74) is 6.11. The SMILES string of the molecule is Cc1nc2c3c4c(c[nH]c4cc2[nH]1)CNC3. The molecule has 3 heterocycles. The van der Waals surface area contributed by atoms with Gasteiger partial charge in [0.05, 0.1) is 11.0 Å². The molecular formula is C12H12N4. The van der Waals surface area contributed by atoms with Crippen molar-refractivity contribution in [2.24, 2.45) is 0 Å². The molecule has 0 radical (unpaired) electrons. The number of nitrogens with one attached hydrogen (secondary N) is 3. The zero-order valence-corrected chi connectivity index (χ0v) is 9.02. The quantitative estimate of drug-likeness (QED) is 0.533. The molecule has 0 aliphatic carbocycles. The Hall–Kier alpha value is -1.81. The maximum atomic E-state index is 4.58. The molecule has 0 unspecified atom stereocenters. The van der Waals surface area contributed by atoms with Crippen LogP contribution >= 0.6 is 0 Å². The smallest absolute Gasteiger partial charge is 0.104 e. The van der Waals surface area contributed by atoms with E-state index in [4.69, 9.17) is 0 Å². The van der Waals surface area contributed by atoms with Gasteiger partial charge in [0.2, 0.25) is 0 Å². The van der Waals surface area contributed by atoms with Gasteiger partial charge in [-0.05, 0) is 18.6 Å². The summed E-state index contributed by atoms with van der Waals surface area (Å²) in [6, 6.07) is 2.16. The lowest BCUT2D eigenvalue weighted by atomic mass is 10.0. The summed E-state index contributed by atoms with van der Waals surface area (Å²) >= 11 is 0. The molecule has 1 aliphatic heterocycles. The van der Waals surface area contributed by atoms with Crippen LogP contribution in [0, 0.1) is 6.92 Å². The molecule has 4 rings (SSSR count). The number of aromatic nitrogens is 3. The van der Waals surface area contributed by atoms with E-state index in [9.17, 15) is 0 Å². The van der Waals surface area contributed by atoms with Gasteiger partial charge in [0, 0.05) is 35.8 Å². The monoisotopic (exact) mass is 212 g/mol. The molecule has 3 N–H and O–H groups in total. The van der Waals surface area contributed by atoms with Crippen molar-refractivity contribution in [2.75, 3.05) is 0 Å². The van der Waals surface area contributed by atoms with Crippen LogP contribution in [0.1, 0.15) is 17.0 Å². The van der Waals surface area contributed by atoms with Crippen molar-refractivity contribution >= 4 is 21.9 Å². The van der Waals surface area contributed by atoms with Gasteiger partial charge in [-0.1, -0.05) is 0 Å². The minimum atomic E-state index is 0.906. The summed E-state index contributed by atoms with van der Waals surface area (Å²) in [7, 11) is 0. The average Bonchev–Trinajstić information content (AvgIpc) is 2.84. The molecule has 0 amide bonds. The second kappa shape index (κ2) is 2.65. The Morgan fingerprint density at radius 2 is 2.19 bits per heavy atom. The van der Waals surface area contributed by atoms with Crippen LogP contribution in [0.3, 0.4) is 0 Å². The minimum Gasteiger partial charge on any atom is -0.361 e. The van der Waals surface area contributed by atoms with Crippen molar-refractivity contribution in [1.82, 2.24) is 20.3 Å². The van der Waals surface area contributed by atoms with Crippen molar-refractivity contribution in [3.63, 3.8) is 0 Å². The Labute approximate surface area is 92.1 Å². The zero-order chi connectivity index (χ0) is 10.7. The van der Waals surface area contributed by atoms with Crippen molar-refractivity contribution < 1.29 is 0 Å². The van der Waals surface area contributed by atoms with E-state index < -0.39 is 0 Å². The van der Waals surface area contributed by atoms with Crippen LogP contribution in [-0.2, 0) is 13.1 Å². The molecule has 4 nitrogen and oxygen atoms in total. The average molecular weight is 212 g/mol. The Morgan fingerprint density at radius 3 is 3.12 bits per heavy atom. The lowest BCUT2D eigenvalue weighted by Crippen LogP contribution is -2.17. The van der Waals surface area contributed by atoms with Crippen molar-refractivity contribution in [2.45, 2.75) is 20.0 Å². The summed E-state index contributed by atoms with van der Waals surface area (Å²) in [5, 5.41) is 4.77. The number of rotatable bonds is 0. The molecule has 0 saturated carbocycles. The van der Waals surface area contributed by atoms with Crippen LogP contribution in [0.15, 0.2) is 12.3 Å². The second-order valence-electron chi connectivity index (χ2n) is 4.41. The van der Waals surface area contributed by atoms with Crippen LogP contribution in [0.4, 0.5) is 0 Å². The fraction of sp³-hybridized carbons (Fsp3) is 0.250. The normalized spacial score (nSPS) is 15.1. The Morgan fingerprint density at radius 1 is 1.25 bits per heavy atom. The molecule has 3 aromatic rings. The molecule has 2 aromatic heterocycles. The van der Waals surface area contributed by atoms with E-state index in [0.29, 0.717) is 0 Å². The van der Waals surface area contributed by atoms with Gasteiger partial charge < -0.3 is 15.3 Å². The zero-order valence-electron chi connectivity index (χ0n) is 9.02. The van der Waals surface area contributed by atoms with Crippen LogP contribution in [0.25, 0.3) is 21.9 Å². The first kappa shape index (κ1) is 8.35. The van der Waals surface area contributed by atoms with Gasteiger partial charge in [-0.2, -0.15) is 0 Å². The van der Waals surface area contributed by atoms with Crippen LogP contribution in [-0.4, -0.2) is 15.0 Å². The highest BCUT2D eigenvalue weighted by atomic mass is 14.9. The highest BCUT2D eigenvalue weighted by Gasteiger charge is 2.18. The highest BCUT2D eigenvalue weighted by molar-refractivity contribution is 6.00. The van der Waals surface area contributed by atoms with Gasteiger partial charge in [-0.3, -0.25) is 0 Å². The third kappa shape index (κ3) is 0.900. The molecule has 0 saturated heterocycles. The number of H-pyrrole nitrogens is 2. The topological polar surface area (TPSA) is 56.5 Å². The summed E-state index contributed by atoms with van der Waals surface area (Å²) < 4.78 is 0. The Balaban J connectivity index is 2.29. The van der Waals surface area contributed by atoms with Crippen LogP contribution in [0.2, 0.25) is 0 Å².